The Balaban J connectivity index is 2.05. The molecule has 1 aromatic carbocycles. The third-order valence-corrected chi connectivity index (χ3v) is 2.62. The van der Waals surface area contributed by atoms with Crippen LogP contribution in [0.2, 0.25) is 10.0 Å². The number of halogens is 2. The summed E-state index contributed by atoms with van der Waals surface area (Å²) in [6.45, 7) is 0.404. The lowest BCUT2D eigenvalue weighted by atomic mass is 10.3. The minimum Gasteiger partial charge on any atom is -0.489 e. The van der Waals surface area contributed by atoms with Gasteiger partial charge in [-0.2, -0.15) is 0 Å². The molecule has 0 unspecified atom stereocenters. The molecule has 2 nitrogen and oxygen atoms in total. The number of hydrogen-bond acceptors (Lipinski definition) is 2. The van der Waals surface area contributed by atoms with E-state index < -0.39 is 0 Å². The third kappa shape index (κ3) is 2.87. The molecule has 82 valence electrons. The van der Waals surface area contributed by atoms with Gasteiger partial charge in [-0.1, -0.05) is 29.3 Å². The summed E-state index contributed by atoms with van der Waals surface area (Å²) in [6.07, 6.45) is 3.28. The molecule has 1 heterocycles. The van der Waals surface area contributed by atoms with Gasteiger partial charge in [0.2, 0.25) is 0 Å². The predicted molar refractivity (Wildman–Crippen MR) is 65.0 cm³/mol. The highest BCUT2D eigenvalue weighted by Gasteiger charge is 2.01. The maximum absolute atomic E-state index is 5.95. The number of ether oxygens (including phenoxy) is 1. The van der Waals surface area contributed by atoms with E-state index in [4.69, 9.17) is 27.9 Å². The van der Waals surface area contributed by atoms with Crippen molar-refractivity contribution in [3.05, 3.63) is 58.3 Å². The number of rotatable bonds is 3. The standard InChI is InChI=1S/C12H9Cl2NO/c13-10-2-1-3-11(6-10)16-8-9-4-5-15-7-12(9)14/h1-7H,8H2. The van der Waals surface area contributed by atoms with Crippen LogP contribution in [-0.4, -0.2) is 4.98 Å². The summed E-state index contributed by atoms with van der Waals surface area (Å²) in [5, 5.41) is 1.25. The van der Waals surface area contributed by atoms with Crippen molar-refractivity contribution in [2.24, 2.45) is 0 Å². The van der Waals surface area contributed by atoms with E-state index in [-0.39, 0.29) is 0 Å². The summed E-state index contributed by atoms with van der Waals surface area (Å²) < 4.78 is 5.56. The van der Waals surface area contributed by atoms with Crippen LogP contribution in [0.15, 0.2) is 42.7 Å². The highest BCUT2D eigenvalue weighted by molar-refractivity contribution is 6.31. The van der Waals surface area contributed by atoms with Gasteiger partial charge in [0.25, 0.3) is 0 Å². The Morgan fingerprint density at radius 2 is 2.06 bits per heavy atom. The molecule has 0 N–H and O–H groups in total. The van der Waals surface area contributed by atoms with Crippen LogP contribution < -0.4 is 4.74 Å². The first-order chi connectivity index (χ1) is 7.75. The summed E-state index contributed by atoms with van der Waals surface area (Å²) >= 11 is 11.8. The van der Waals surface area contributed by atoms with E-state index in [2.05, 4.69) is 4.98 Å². The maximum atomic E-state index is 5.95. The van der Waals surface area contributed by atoms with Crippen LogP contribution in [0.25, 0.3) is 0 Å². The Labute approximate surface area is 104 Å². The molecule has 0 bridgehead atoms. The van der Waals surface area contributed by atoms with Gasteiger partial charge in [-0.15, -0.1) is 0 Å². The topological polar surface area (TPSA) is 22.1 Å². The summed E-state index contributed by atoms with van der Waals surface area (Å²) in [6, 6.07) is 9.07. The van der Waals surface area contributed by atoms with Gasteiger partial charge in [-0.25, -0.2) is 0 Å². The quantitative estimate of drug-likeness (QED) is 0.826. The highest BCUT2D eigenvalue weighted by atomic mass is 35.5. The van der Waals surface area contributed by atoms with Gasteiger partial charge < -0.3 is 4.74 Å². The number of pyridine rings is 1. The number of benzene rings is 1. The van der Waals surface area contributed by atoms with Crippen molar-refractivity contribution in [1.29, 1.82) is 0 Å². The number of nitrogens with zero attached hydrogens (tertiary/aromatic N) is 1. The second kappa shape index (κ2) is 5.19. The first kappa shape index (κ1) is 11.2. The van der Waals surface area contributed by atoms with Crippen LogP contribution in [0.3, 0.4) is 0 Å². The molecule has 0 aliphatic carbocycles. The molecule has 0 radical (unpaired) electrons. The minimum absolute atomic E-state index is 0.404. The van der Waals surface area contributed by atoms with Crippen molar-refractivity contribution in [3.8, 4) is 5.75 Å². The van der Waals surface area contributed by atoms with Gasteiger partial charge in [0, 0.05) is 23.0 Å². The lowest BCUT2D eigenvalue weighted by Crippen LogP contribution is -1.96. The fourth-order valence-electron chi connectivity index (χ4n) is 1.24. The Morgan fingerprint density at radius 1 is 1.19 bits per heavy atom. The molecular formula is C12H9Cl2NO. The summed E-state index contributed by atoms with van der Waals surface area (Å²) in [5.41, 5.74) is 0.900. The minimum atomic E-state index is 0.404. The Kier molecular flexibility index (Phi) is 3.65. The monoisotopic (exact) mass is 253 g/mol. The van der Waals surface area contributed by atoms with Crippen LogP contribution >= 0.6 is 23.2 Å². The summed E-state index contributed by atoms with van der Waals surface area (Å²) in [7, 11) is 0. The molecule has 0 saturated heterocycles. The molecule has 4 heteroatoms. The third-order valence-electron chi connectivity index (χ3n) is 2.05. The SMILES string of the molecule is Clc1cccc(OCc2ccncc2Cl)c1. The molecule has 0 aliphatic rings. The molecule has 16 heavy (non-hydrogen) atoms. The van der Waals surface area contributed by atoms with Crippen molar-refractivity contribution in [3.63, 3.8) is 0 Å². The van der Waals surface area contributed by atoms with Crippen molar-refractivity contribution in [2.75, 3.05) is 0 Å². The summed E-state index contributed by atoms with van der Waals surface area (Å²) in [4.78, 5) is 3.91. The molecule has 2 aromatic rings. The van der Waals surface area contributed by atoms with Gasteiger partial charge in [0.15, 0.2) is 0 Å². The van der Waals surface area contributed by atoms with Crippen molar-refractivity contribution in [2.45, 2.75) is 6.61 Å². The average Bonchev–Trinajstić information content (AvgIpc) is 2.28. The lowest BCUT2D eigenvalue weighted by Gasteiger charge is -2.07. The van der Waals surface area contributed by atoms with Crippen LogP contribution in [0, 0.1) is 0 Å². The van der Waals surface area contributed by atoms with E-state index in [0.717, 1.165) is 11.3 Å². The number of aromatic nitrogens is 1. The normalized spacial score (nSPS) is 10.1. The van der Waals surface area contributed by atoms with E-state index in [1.54, 1.807) is 24.5 Å². The molecule has 0 aliphatic heterocycles. The molecule has 0 fully saturated rings. The molecule has 0 amide bonds. The molecule has 2 rings (SSSR count). The largest absolute Gasteiger partial charge is 0.489 e. The first-order valence-corrected chi connectivity index (χ1v) is 5.48. The first-order valence-electron chi connectivity index (χ1n) is 4.72. The van der Waals surface area contributed by atoms with Crippen LogP contribution in [0.4, 0.5) is 0 Å². The fourth-order valence-corrected chi connectivity index (χ4v) is 1.59. The zero-order valence-electron chi connectivity index (χ0n) is 8.36. The van der Waals surface area contributed by atoms with E-state index >= 15 is 0 Å². The van der Waals surface area contributed by atoms with Gasteiger partial charge >= 0.3 is 0 Å². The highest BCUT2D eigenvalue weighted by Crippen LogP contribution is 2.20. The van der Waals surface area contributed by atoms with Gasteiger partial charge in [0.05, 0.1) is 5.02 Å². The average molecular weight is 254 g/mol. The second-order valence-corrected chi connectivity index (χ2v) is 4.06. The van der Waals surface area contributed by atoms with E-state index in [1.165, 1.54) is 0 Å². The second-order valence-electron chi connectivity index (χ2n) is 3.21. The van der Waals surface area contributed by atoms with Crippen molar-refractivity contribution < 1.29 is 4.74 Å². The van der Waals surface area contributed by atoms with E-state index in [1.807, 2.05) is 18.2 Å². The van der Waals surface area contributed by atoms with Crippen molar-refractivity contribution in [1.82, 2.24) is 4.98 Å². The van der Waals surface area contributed by atoms with Crippen LogP contribution in [-0.2, 0) is 6.61 Å². The fraction of sp³-hybridized carbons (Fsp3) is 0.0833. The molecule has 0 saturated carbocycles. The smallest absolute Gasteiger partial charge is 0.121 e. The zero-order valence-corrected chi connectivity index (χ0v) is 9.87. The maximum Gasteiger partial charge on any atom is 0.121 e. The Morgan fingerprint density at radius 3 is 2.81 bits per heavy atom. The zero-order chi connectivity index (χ0) is 11.4. The molecular weight excluding hydrogens is 245 g/mol. The summed E-state index contributed by atoms with van der Waals surface area (Å²) in [5.74, 6) is 0.723. The van der Waals surface area contributed by atoms with E-state index in [0.29, 0.717) is 16.7 Å². The van der Waals surface area contributed by atoms with Gasteiger partial charge in [0.1, 0.15) is 12.4 Å². The van der Waals surface area contributed by atoms with Crippen LogP contribution in [0.1, 0.15) is 5.56 Å². The molecule has 0 atom stereocenters. The lowest BCUT2D eigenvalue weighted by molar-refractivity contribution is 0.306. The number of hydrogen-bond donors (Lipinski definition) is 0. The Bertz CT molecular complexity index is 488. The Hall–Kier alpha value is -1.25. The molecule has 1 aromatic heterocycles. The van der Waals surface area contributed by atoms with Gasteiger partial charge in [-0.3, -0.25) is 4.98 Å². The van der Waals surface area contributed by atoms with Crippen molar-refractivity contribution >= 4 is 23.2 Å². The van der Waals surface area contributed by atoms with Crippen LogP contribution in [0.5, 0.6) is 5.75 Å². The molecule has 0 spiro atoms. The van der Waals surface area contributed by atoms with E-state index in [9.17, 15) is 0 Å². The van der Waals surface area contributed by atoms with Gasteiger partial charge in [-0.05, 0) is 24.3 Å². The predicted octanol–water partition coefficient (Wildman–Crippen LogP) is 3.97.